The highest BCUT2D eigenvalue weighted by atomic mass is 32.2. The standard InChI is InChI=1S/C8H9F3N2OS/c1-4-12-6(8(9,10)11)5(15-3)7(14)13(4)2/h1-3H3. The fourth-order valence-corrected chi connectivity index (χ4v) is 1.73. The molecule has 0 aliphatic rings. The predicted molar refractivity (Wildman–Crippen MR) is 51.0 cm³/mol. The second-order valence-electron chi connectivity index (χ2n) is 2.90. The molecule has 15 heavy (non-hydrogen) atoms. The van der Waals surface area contributed by atoms with Gasteiger partial charge in [0.05, 0.1) is 0 Å². The van der Waals surface area contributed by atoms with E-state index in [1.54, 1.807) is 0 Å². The zero-order chi connectivity index (χ0) is 11.8. The fourth-order valence-electron chi connectivity index (χ4n) is 1.06. The summed E-state index contributed by atoms with van der Waals surface area (Å²) in [7, 11) is 1.39. The molecule has 0 saturated heterocycles. The fraction of sp³-hybridized carbons (Fsp3) is 0.500. The minimum Gasteiger partial charge on any atom is -0.299 e. The van der Waals surface area contributed by atoms with Gasteiger partial charge in [-0.25, -0.2) is 4.98 Å². The molecule has 0 atom stereocenters. The molecule has 1 rings (SSSR count). The van der Waals surface area contributed by atoms with E-state index in [4.69, 9.17) is 0 Å². The van der Waals surface area contributed by atoms with Gasteiger partial charge in [-0.15, -0.1) is 11.8 Å². The van der Waals surface area contributed by atoms with E-state index in [1.807, 2.05) is 0 Å². The maximum Gasteiger partial charge on any atom is 0.434 e. The summed E-state index contributed by atoms with van der Waals surface area (Å²) >= 11 is 0.756. The van der Waals surface area contributed by atoms with Gasteiger partial charge in [0, 0.05) is 7.05 Å². The van der Waals surface area contributed by atoms with E-state index in [9.17, 15) is 18.0 Å². The predicted octanol–water partition coefficient (Wildman–Crippen LogP) is 1.83. The Morgan fingerprint density at radius 3 is 2.33 bits per heavy atom. The summed E-state index contributed by atoms with van der Waals surface area (Å²) in [5, 5.41) is 0. The van der Waals surface area contributed by atoms with Gasteiger partial charge in [-0.1, -0.05) is 0 Å². The van der Waals surface area contributed by atoms with Gasteiger partial charge in [0.15, 0.2) is 5.69 Å². The Bertz CT molecular complexity index is 439. The largest absolute Gasteiger partial charge is 0.434 e. The van der Waals surface area contributed by atoms with Crippen molar-refractivity contribution >= 4 is 11.8 Å². The van der Waals surface area contributed by atoms with Crippen LogP contribution in [0.5, 0.6) is 0 Å². The lowest BCUT2D eigenvalue weighted by atomic mass is 10.3. The quantitative estimate of drug-likeness (QED) is 0.700. The van der Waals surface area contributed by atoms with E-state index in [1.165, 1.54) is 20.2 Å². The van der Waals surface area contributed by atoms with Crippen LogP contribution in [-0.4, -0.2) is 15.8 Å². The maximum absolute atomic E-state index is 12.5. The molecule has 3 nitrogen and oxygen atoms in total. The number of thioether (sulfide) groups is 1. The first-order valence-corrected chi connectivity index (χ1v) is 5.20. The first-order valence-electron chi connectivity index (χ1n) is 3.98. The molecule has 0 aliphatic heterocycles. The Hall–Kier alpha value is -0.980. The second-order valence-corrected chi connectivity index (χ2v) is 3.72. The number of nitrogens with zero attached hydrogens (tertiary/aromatic N) is 2. The van der Waals surface area contributed by atoms with Crippen molar-refractivity contribution in [2.24, 2.45) is 7.05 Å². The molecule has 0 aliphatic carbocycles. The topological polar surface area (TPSA) is 34.9 Å². The van der Waals surface area contributed by atoms with Crippen molar-refractivity contribution in [1.82, 2.24) is 9.55 Å². The first kappa shape index (κ1) is 12.1. The molecular weight excluding hydrogens is 229 g/mol. The number of rotatable bonds is 1. The van der Waals surface area contributed by atoms with Crippen molar-refractivity contribution < 1.29 is 13.2 Å². The third kappa shape index (κ3) is 2.17. The molecule has 7 heteroatoms. The van der Waals surface area contributed by atoms with E-state index in [0.717, 1.165) is 16.3 Å². The molecule has 1 aromatic rings. The number of aryl methyl sites for hydroxylation is 1. The van der Waals surface area contributed by atoms with E-state index in [-0.39, 0.29) is 10.7 Å². The van der Waals surface area contributed by atoms with E-state index < -0.39 is 17.4 Å². The Labute approximate surface area is 88.3 Å². The number of halogens is 3. The summed E-state index contributed by atoms with van der Waals surface area (Å²) in [4.78, 5) is 14.5. The highest BCUT2D eigenvalue weighted by Gasteiger charge is 2.37. The van der Waals surface area contributed by atoms with Crippen LogP contribution in [0, 0.1) is 6.92 Å². The lowest BCUT2D eigenvalue weighted by Gasteiger charge is -2.12. The number of aromatic nitrogens is 2. The van der Waals surface area contributed by atoms with Gasteiger partial charge >= 0.3 is 6.18 Å². The van der Waals surface area contributed by atoms with Gasteiger partial charge < -0.3 is 0 Å². The average molecular weight is 238 g/mol. The van der Waals surface area contributed by atoms with E-state index in [2.05, 4.69) is 4.98 Å². The molecule has 1 aromatic heterocycles. The molecule has 0 bridgehead atoms. The molecule has 0 fully saturated rings. The van der Waals surface area contributed by atoms with Crippen molar-refractivity contribution in [3.63, 3.8) is 0 Å². The van der Waals surface area contributed by atoms with Gasteiger partial charge in [-0.3, -0.25) is 9.36 Å². The number of alkyl halides is 3. The Morgan fingerprint density at radius 2 is 1.93 bits per heavy atom. The molecule has 0 aromatic carbocycles. The lowest BCUT2D eigenvalue weighted by molar-refractivity contribution is -0.143. The van der Waals surface area contributed by atoms with E-state index in [0.29, 0.717) is 0 Å². The van der Waals surface area contributed by atoms with Gasteiger partial charge in [0.1, 0.15) is 10.7 Å². The number of hydrogen-bond acceptors (Lipinski definition) is 3. The van der Waals surface area contributed by atoms with Crippen molar-refractivity contribution in [1.29, 1.82) is 0 Å². The van der Waals surface area contributed by atoms with Crippen LogP contribution in [0.15, 0.2) is 9.69 Å². The van der Waals surface area contributed by atoms with Crippen LogP contribution in [0.25, 0.3) is 0 Å². The molecule has 0 unspecified atom stereocenters. The van der Waals surface area contributed by atoms with Crippen molar-refractivity contribution in [3.05, 3.63) is 21.9 Å². The zero-order valence-corrected chi connectivity index (χ0v) is 9.16. The Kier molecular flexibility index (Phi) is 3.13. The van der Waals surface area contributed by atoms with Crippen LogP contribution in [0.1, 0.15) is 11.5 Å². The van der Waals surface area contributed by atoms with Gasteiger partial charge in [-0.2, -0.15) is 13.2 Å². The summed E-state index contributed by atoms with van der Waals surface area (Å²) in [5.41, 5.74) is -1.77. The van der Waals surface area contributed by atoms with Gasteiger partial charge in [0.25, 0.3) is 5.56 Å². The van der Waals surface area contributed by atoms with Crippen molar-refractivity contribution in [2.45, 2.75) is 18.0 Å². The minimum absolute atomic E-state index is 0.0464. The highest BCUT2D eigenvalue weighted by Crippen LogP contribution is 2.32. The molecule has 1 heterocycles. The average Bonchev–Trinajstić information content (AvgIpc) is 2.12. The Morgan fingerprint density at radius 1 is 1.40 bits per heavy atom. The van der Waals surface area contributed by atoms with Crippen LogP contribution < -0.4 is 5.56 Å². The summed E-state index contributed by atoms with van der Waals surface area (Å²) in [6.45, 7) is 1.36. The normalized spacial score (nSPS) is 11.9. The third-order valence-electron chi connectivity index (χ3n) is 1.95. The molecule has 0 amide bonds. The zero-order valence-electron chi connectivity index (χ0n) is 8.34. The maximum atomic E-state index is 12.5. The minimum atomic E-state index is -4.59. The van der Waals surface area contributed by atoms with Crippen LogP contribution in [0.4, 0.5) is 13.2 Å². The Balaban J connectivity index is 3.61. The monoisotopic (exact) mass is 238 g/mol. The summed E-state index contributed by atoms with van der Waals surface area (Å²) in [6.07, 6.45) is -3.17. The van der Waals surface area contributed by atoms with Crippen molar-refractivity contribution in [3.8, 4) is 0 Å². The summed E-state index contributed by atoms with van der Waals surface area (Å²) in [6, 6.07) is 0. The molecule has 0 saturated carbocycles. The van der Waals surface area contributed by atoms with Crippen molar-refractivity contribution in [2.75, 3.05) is 6.26 Å². The van der Waals surface area contributed by atoms with Crippen LogP contribution in [0.2, 0.25) is 0 Å². The molecule has 0 N–H and O–H groups in total. The smallest absolute Gasteiger partial charge is 0.299 e. The van der Waals surface area contributed by atoms with Gasteiger partial charge in [0.2, 0.25) is 0 Å². The van der Waals surface area contributed by atoms with E-state index >= 15 is 0 Å². The number of hydrogen-bond donors (Lipinski definition) is 0. The van der Waals surface area contributed by atoms with Crippen LogP contribution in [0.3, 0.4) is 0 Å². The lowest BCUT2D eigenvalue weighted by Crippen LogP contribution is -2.27. The van der Waals surface area contributed by atoms with Crippen LogP contribution in [-0.2, 0) is 13.2 Å². The SMILES string of the molecule is CSc1c(C(F)(F)F)nc(C)n(C)c1=O. The highest BCUT2D eigenvalue weighted by molar-refractivity contribution is 7.98. The third-order valence-corrected chi connectivity index (χ3v) is 2.72. The summed E-state index contributed by atoms with van der Waals surface area (Å²) < 4.78 is 38.6. The van der Waals surface area contributed by atoms with Crippen LogP contribution >= 0.6 is 11.8 Å². The molecule has 0 spiro atoms. The van der Waals surface area contributed by atoms with Gasteiger partial charge in [-0.05, 0) is 13.2 Å². The first-order chi connectivity index (χ1) is 6.79. The molecular formula is C8H9F3N2OS. The molecule has 84 valence electrons. The molecule has 0 radical (unpaired) electrons. The summed E-state index contributed by atoms with van der Waals surface area (Å²) in [5.74, 6) is 0.0464. The second kappa shape index (κ2) is 3.88.